The van der Waals surface area contributed by atoms with E-state index in [1.807, 2.05) is 0 Å². The van der Waals surface area contributed by atoms with Crippen molar-refractivity contribution < 1.29 is 18.0 Å². The van der Waals surface area contributed by atoms with Crippen LogP contribution in [0, 0.1) is 0 Å². The summed E-state index contributed by atoms with van der Waals surface area (Å²) in [6.45, 7) is 3.61. The van der Waals surface area contributed by atoms with Crippen molar-refractivity contribution in [3.8, 4) is 0 Å². The first-order valence-electron chi connectivity index (χ1n) is 3.89. The molecule has 0 unspecified atom stereocenters. The fourth-order valence-corrected chi connectivity index (χ4v) is 1.62. The van der Waals surface area contributed by atoms with Gasteiger partial charge in [0.2, 0.25) is 0 Å². The molecule has 1 heterocycles. The zero-order chi connectivity index (χ0) is 10.9. The summed E-state index contributed by atoms with van der Waals surface area (Å²) in [6.07, 6.45) is -4.83. The number of nitrogens with zero attached hydrogens (tertiary/aromatic N) is 1. The number of ketones is 1. The summed E-state index contributed by atoms with van der Waals surface area (Å²) in [5.41, 5.74) is -0.508. The number of rotatable bonds is 2. The molecule has 0 saturated carbocycles. The summed E-state index contributed by atoms with van der Waals surface area (Å²) in [6, 6.07) is 0. The zero-order valence-electron chi connectivity index (χ0n) is 7.55. The van der Waals surface area contributed by atoms with Crippen molar-refractivity contribution in [2.75, 3.05) is 0 Å². The number of aromatic nitrogens is 1. The second-order valence-corrected chi connectivity index (χ2v) is 3.94. The van der Waals surface area contributed by atoms with Gasteiger partial charge in [0.15, 0.2) is 0 Å². The summed E-state index contributed by atoms with van der Waals surface area (Å²) in [7, 11) is 0. The lowest BCUT2D eigenvalue weighted by Gasteiger charge is -2.01. The fraction of sp³-hybridized carbons (Fsp3) is 0.500. The average Bonchev–Trinajstić information content (AvgIpc) is 2.48. The average molecular weight is 223 g/mol. The predicted octanol–water partition coefficient (Wildman–Crippen LogP) is 3.01. The normalized spacial score (nSPS) is 12.1. The van der Waals surface area contributed by atoms with Gasteiger partial charge in [0.25, 0.3) is 5.78 Å². The minimum atomic E-state index is -4.83. The van der Waals surface area contributed by atoms with Crippen molar-refractivity contribution in [1.29, 1.82) is 0 Å². The van der Waals surface area contributed by atoms with Crippen molar-refractivity contribution >= 4 is 17.1 Å². The molecule has 0 saturated heterocycles. The van der Waals surface area contributed by atoms with Crippen LogP contribution in [0.2, 0.25) is 0 Å². The van der Waals surface area contributed by atoms with Gasteiger partial charge in [0.1, 0.15) is 5.69 Å². The van der Waals surface area contributed by atoms with Gasteiger partial charge in [0, 0.05) is 11.3 Å². The van der Waals surface area contributed by atoms with Crippen LogP contribution in [0.1, 0.15) is 35.3 Å². The first kappa shape index (κ1) is 11.2. The highest BCUT2D eigenvalue weighted by molar-refractivity contribution is 7.09. The molecule has 1 aromatic rings. The van der Waals surface area contributed by atoms with Crippen LogP contribution in [0.3, 0.4) is 0 Å². The second kappa shape index (κ2) is 3.68. The molecule has 0 aliphatic heterocycles. The molecule has 0 aliphatic carbocycles. The summed E-state index contributed by atoms with van der Waals surface area (Å²) >= 11 is 1.07. The monoisotopic (exact) mass is 223 g/mol. The highest BCUT2D eigenvalue weighted by Gasteiger charge is 2.40. The van der Waals surface area contributed by atoms with E-state index in [1.54, 1.807) is 13.8 Å². The number of thiazole rings is 1. The number of halogens is 3. The van der Waals surface area contributed by atoms with Crippen molar-refractivity contribution in [2.24, 2.45) is 0 Å². The van der Waals surface area contributed by atoms with E-state index in [0.29, 0.717) is 5.01 Å². The Morgan fingerprint density at radius 2 is 2.07 bits per heavy atom. The van der Waals surface area contributed by atoms with Gasteiger partial charge in [-0.25, -0.2) is 4.98 Å². The first-order chi connectivity index (χ1) is 6.32. The standard InChI is InChI=1S/C8H8F3NOS/c1-4(2)7-12-5(3-14-7)6(13)8(9,10)11/h3-4H,1-2H3. The molecule has 2 nitrogen and oxygen atoms in total. The third-order valence-corrected chi connectivity index (χ3v) is 2.65. The largest absolute Gasteiger partial charge is 0.456 e. The summed E-state index contributed by atoms with van der Waals surface area (Å²) in [4.78, 5) is 14.3. The van der Waals surface area contributed by atoms with E-state index >= 15 is 0 Å². The molecule has 0 spiro atoms. The van der Waals surface area contributed by atoms with E-state index < -0.39 is 17.7 Å². The van der Waals surface area contributed by atoms with Crippen LogP contribution < -0.4 is 0 Å². The summed E-state index contributed by atoms with van der Waals surface area (Å²) in [5.74, 6) is -1.84. The van der Waals surface area contributed by atoms with Gasteiger partial charge in [-0.15, -0.1) is 11.3 Å². The van der Waals surface area contributed by atoms with E-state index in [1.165, 1.54) is 0 Å². The highest BCUT2D eigenvalue weighted by Crippen LogP contribution is 2.25. The van der Waals surface area contributed by atoms with E-state index in [4.69, 9.17) is 0 Å². The quantitative estimate of drug-likeness (QED) is 0.721. The van der Waals surface area contributed by atoms with E-state index in [2.05, 4.69) is 4.98 Å². The highest BCUT2D eigenvalue weighted by atomic mass is 32.1. The summed E-state index contributed by atoms with van der Waals surface area (Å²) in [5, 5.41) is 1.68. The SMILES string of the molecule is CC(C)c1nc(C(=O)C(F)(F)F)cs1. The lowest BCUT2D eigenvalue weighted by Crippen LogP contribution is -2.23. The Labute approximate surface area is 82.8 Å². The van der Waals surface area contributed by atoms with Gasteiger partial charge in [-0.1, -0.05) is 13.8 Å². The molecule has 1 aromatic heterocycles. The Hall–Kier alpha value is -0.910. The fourth-order valence-electron chi connectivity index (χ4n) is 0.802. The van der Waals surface area contributed by atoms with Gasteiger partial charge < -0.3 is 0 Å². The molecule has 0 bridgehead atoms. The maximum absolute atomic E-state index is 12.0. The molecule has 0 atom stereocenters. The van der Waals surface area contributed by atoms with Crippen LogP contribution >= 0.6 is 11.3 Å². The van der Waals surface area contributed by atoms with Crippen LogP contribution in [-0.2, 0) is 0 Å². The van der Waals surface area contributed by atoms with Gasteiger partial charge in [0.05, 0.1) is 5.01 Å². The Balaban J connectivity index is 2.93. The number of Topliss-reactive ketones (excluding diaryl/α,β-unsaturated/α-hetero) is 1. The molecule has 0 aromatic carbocycles. The number of carbonyl (C=O) groups excluding carboxylic acids is 1. The molecule has 1 rings (SSSR count). The number of alkyl halides is 3. The van der Waals surface area contributed by atoms with Crippen LogP contribution in [0.5, 0.6) is 0 Å². The van der Waals surface area contributed by atoms with E-state index in [0.717, 1.165) is 16.7 Å². The van der Waals surface area contributed by atoms with Crippen LogP contribution in [-0.4, -0.2) is 16.9 Å². The third kappa shape index (κ3) is 2.31. The van der Waals surface area contributed by atoms with Crippen LogP contribution in [0.25, 0.3) is 0 Å². The maximum Gasteiger partial charge on any atom is 0.456 e. The Morgan fingerprint density at radius 3 is 2.43 bits per heavy atom. The molecule has 0 radical (unpaired) electrons. The van der Waals surface area contributed by atoms with E-state index in [9.17, 15) is 18.0 Å². The van der Waals surface area contributed by atoms with Crippen LogP contribution in [0.4, 0.5) is 13.2 Å². The molecule has 0 fully saturated rings. The maximum atomic E-state index is 12.0. The second-order valence-electron chi connectivity index (χ2n) is 3.05. The Bertz CT molecular complexity index is 343. The summed E-state index contributed by atoms with van der Waals surface area (Å²) < 4.78 is 35.9. The Kier molecular flexibility index (Phi) is 2.94. The number of hydrogen-bond acceptors (Lipinski definition) is 3. The van der Waals surface area contributed by atoms with E-state index in [-0.39, 0.29) is 5.92 Å². The Morgan fingerprint density at radius 1 is 1.50 bits per heavy atom. The topological polar surface area (TPSA) is 30.0 Å². The number of hydrogen-bond donors (Lipinski definition) is 0. The zero-order valence-corrected chi connectivity index (χ0v) is 8.37. The van der Waals surface area contributed by atoms with Crippen molar-refractivity contribution in [2.45, 2.75) is 25.9 Å². The van der Waals surface area contributed by atoms with Gasteiger partial charge >= 0.3 is 6.18 Å². The van der Waals surface area contributed by atoms with Gasteiger partial charge in [-0.3, -0.25) is 4.79 Å². The molecule has 0 amide bonds. The molecule has 0 aliphatic rings. The van der Waals surface area contributed by atoms with Gasteiger partial charge in [-0.05, 0) is 0 Å². The molecule has 0 N–H and O–H groups in total. The van der Waals surface area contributed by atoms with Gasteiger partial charge in [-0.2, -0.15) is 13.2 Å². The first-order valence-corrected chi connectivity index (χ1v) is 4.77. The lowest BCUT2D eigenvalue weighted by atomic mass is 10.2. The van der Waals surface area contributed by atoms with Crippen molar-refractivity contribution in [3.05, 3.63) is 16.1 Å². The minimum Gasteiger partial charge on any atom is -0.282 e. The predicted molar refractivity (Wildman–Crippen MR) is 46.6 cm³/mol. The van der Waals surface area contributed by atoms with Crippen LogP contribution in [0.15, 0.2) is 5.38 Å². The van der Waals surface area contributed by atoms with Crippen molar-refractivity contribution in [3.63, 3.8) is 0 Å². The lowest BCUT2D eigenvalue weighted by molar-refractivity contribution is -0.0887. The molecule has 14 heavy (non-hydrogen) atoms. The third-order valence-electron chi connectivity index (χ3n) is 1.51. The molecule has 78 valence electrons. The molecular weight excluding hydrogens is 215 g/mol. The smallest absolute Gasteiger partial charge is 0.282 e. The molecule has 6 heteroatoms. The number of carbonyl (C=O) groups is 1. The molecular formula is C8H8F3NOS. The van der Waals surface area contributed by atoms with Crippen molar-refractivity contribution in [1.82, 2.24) is 4.98 Å². The minimum absolute atomic E-state index is 0.0368.